The highest BCUT2D eigenvalue weighted by Crippen LogP contribution is 2.25. The summed E-state index contributed by atoms with van der Waals surface area (Å²) in [4.78, 5) is 54.2. The van der Waals surface area contributed by atoms with Gasteiger partial charge in [0, 0.05) is 12.5 Å². The van der Waals surface area contributed by atoms with Crippen LogP contribution in [-0.4, -0.2) is 52.1 Å². The van der Waals surface area contributed by atoms with Crippen LogP contribution in [0.2, 0.25) is 0 Å². The number of hydrogen-bond acceptors (Lipinski definition) is 6. The van der Waals surface area contributed by atoms with Crippen molar-refractivity contribution >= 4 is 23.9 Å². The molecule has 0 bridgehead atoms. The standard InChI is InChI=1S/C33H43N3O6/c1-11-36(29(38)23(4)34-31(40)42-33(8,9)10)27(25-18-21(2)17-22(3)19-25)28(37)35-26(30(39)41-32(5,6)7)20-24-15-13-12-14-16-24/h1,12-19,23,26-27H,20H2,2-10H3,(H,34,40)(H,35,37). The van der Waals surface area contributed by atoms with Gasteiger partial charge in [0.15, 0.2) is 0 Å². The molecule has 0 heterocycles. The van der Waals surface area contributed by atoms with E-state index in [1.54, 1.807) is 53.7 Å². The molecule has 3 atom stereocenters. The topological polar surface area (TPSA) is 114 Å². The number of hydrogen-bond donors (Lipinski definition) is 2. The van der Waals surface area contributed by atoms with E-state index in [1.807, 2.05) is 50.2 Å². The summed E-state index contributed by atoms with van der Waals surface area (Å²) < 4.78 is 10.9. The van der Waals surface area contributed by atoms with Crippen molar-refractivity contribution < 1.29 is 28.7 Å². The minimum atomic E-state index is -1.32. The summed E-state index contributed by atoms with van der Waals surface area (Å²) in [6.45, 7) is 15.5. The number of esters is 1. The van der Waals surface area contributed by atoms with Crippen LogP contribution < -0.4 is 10.6 Å². The molecule has 0 aliphatic heterocycles. The van der Waals surface area contributed by atoms with Crippen LogP contribution >= 0.6 is 0 Å². The minimum Gasteiger partial charge on any atom is -0.458 e. The van der Waals surface area contributed by atoms with Crippen molar-refractivity contribution in [3.63, 3.8) is 0 Å². The second kappa shape index (κ2) is 14.0. The van der Waals surface area contributed by atoms with E-state index in [1.165, 1.54) is 6.92 Å². The summed E-state index contributed by atoms with van der Waals surface area (Å²) in [6.07, 6.45) is 5.18. The zero-order valence-corrected chi connectivity index (χ0v) is 26.0. The van der Waals surface area contributed by atoms with Gasteiger partial charge in [-0.05, 0) is 73.4 Å². The van der Waals surface area contributed by atoms with Crippen molar-refractivity contribution in [2.75, 3.05) is 0 Å². The number of terminal acetylenes is 1. The Morgan fingerprint density at radius 3 is 1.93 bits per heavy atom. The highest BCUT2D eigenvalue weighted by atomic mass is 16.6. The Hall–Kier alpha value is -4.32. The van der Waals surface area contributed by atoms with Gasteiger partial charge >= 0.3 is 12.1 Å². The predicted molar refractivity (Wildman–Crippen MR) is 161 cm³/mol. The molecular weight excluding hydrogens is 534 g/mol. The normalized spacial score (nSPS) is 13.5. The maximum Gasteiger partial charge on any atom is 0.408 e. The Morgan fingerprint density at radius 2 is 1.43 bits per heavy atom. The van der Waals surface area contributed by atoms with Crippen molar-refractivity contribution in [1.29, 1.82) is 0 Å². The first-order chi connectivity index (χ1) is 19.4. The second-order valence-corrected chi connectivity index (χ2v) is 12.3. The van der Waals surface area contributed by atoms with Gasteiger partial charge in [0.25, 0.3) is 5.91 Å². The molecule has 42 heavy (non-hydrogen) atoms. The van der Waals surface area contributed by atoms with Crippen LogP contribution in [-0.2, 0) is 30.3 Å². The molecule has 9 heteroatoms. The Morgan fingerprint density at radius 1 is 0.881 bits per heavy atom. The van der Waals surface area contributed by atoms with Gasteiger partial charge in [-0.25, -0.2) is 9.59 Å². The summed E-state index contributed by atoms with van der Waals surface area (Å²) in [6, 6.07) is 13.4. The van der Waals surface area contributed by atoms with Gasteiger partial charge in [0.1, 0.15) is 29.3 Å². The summed E-state index contributed by atoms with van der Waals surface area (Å²) in [7, 11) is 0. The number of rotatable bonds is 9. The van der Waals surface area contributed by atoms with E-state index >= 15 is 0 Å². The van der Waals surface area contributed by atoms with Crippen LogP contribution in [0.5, 0.6) is 0 Å². The minimum absolute atomic E-state index is 0.154. The third-order valence-corrected chi connectivity index (χ3v) is 5.84. The first-order valence-electron chi connectivity index (χ1n) is 13.8. The lowest BCUT2D eigenvalue weighted by Crippen LogP contribution is -2.53. The number of benzene rings is 2. The van der Waals surface area contributed by atoms with E-state index < -0.39 is 53.2 Å². The molecule has 0 fully saturated rings. The number of alkyl carbamates (subject to hydrolysis) is 1. The third-order valence-electron chi connectivity index (χ3n) is 5.84. The zero-order valence-electron chi connectivity index (χ0n) is 26.0. The van der Waals surface area contributed by atoms with Gasteiger partial charge in [-0.2, -0.15) is 0 Å². The Labute approximate surface area is 249 Å². The fourth-order valence-electron chi connectivity index (χ4n) is 4.27. The average molecular weight is 578 g/mol. The number of nitrogens with one attached hydrogen (secondary N) is 2. The van der Waals surface area contributed by atoms with Gasteiger partial charge in [-0.15, -0.1) is 0 Å². The van der Waals surface area contributed by atoms with Crippen LogP contribution in [0, 0.1) is 26.3 Å². The van der Waals surface area contributed by atoms with E-state index in [0.717, 1.165) is 21.6 Å². The summed E-state index contributed by atoms with van der Waals surface area (Å²) in [5.74, 6) is -2.01. The first-order valence-corrected chi connectivity index (χ1v) is 13.8. The summed E-state index contributed by atoms with van der Waals surface area (Å²) >= 11 is 0. The highest BCUT2D eigenvalue weighted by molar-refractivity contribution is 5.94. The third kappa shape index (κ3) is 10.6. The fourth-order valence-corrected chi connectivity index (χ4v) is 4.27. The molecule has 0 saturated carbocycles. The number of nitrogens with zero attached hydrogens (tertiary/aromatic N) is 1. The molecular formula is C33H43N3O6. The van der Waals surface area contributed by atoms with Crippen molar-refractivity contribution in [3.8, 4) is 12.5 Å². The van der Waals surface area contributed by atoms with Gasteiger partial charge in [0.05, 0.1) is 0 Å². The van der Waals surface area contributed by atoms with Crippen LogP contribution in [0.1, 0.15) is 76.8 Å². The van der Waals surface area contributed by atoms with Crippen LogP contribution in [0.15, 0.2) is 48.5 Å². The Kier molecular flexibility index (Phi) is 11.3. The lowest BCUT2D eigenvalue weighted by atomic mass is 9.98. The summed E-state index contributed by atoms with van der Waals surface area (Å²) in [5, 5.41) is 5.27. The molecule has 0 spiro atoms. The van der Waals surface area contributed by atoms with Crippen LogP contribution in [0.3, 0.4) is 0 Å². The largest absolute Gasteiger partial charge is 0.458 e. The smallest absolute Gasteiger partial charge is 0.408 e. The van der Waals surface area contributed by atoms with Crippen molar-refractivity contribution in [2.24, 2.45) is 0 Å². The van der Waals surface area contributed by atoms with Crippen molar-refractivity contribution in [3.05, 3.63) is 70.8 Å². The van der Waals surface area contributed by atoms with Crippen molar-refractivity contribution in [2.45, 2.75) is 98.1 Å². The molecule has 2 aromatic carbocycles. The Balaban J connectivity index is 2.49. The van der Waals surface area contributed by atoms with E-state index in [9.17, 15) is 19.2 Å². The lowest BCUT2D eigenvalue weighted by Gasteiger charge is -2.31. The second-order valence-electron chi connectivity index (χ2n) is 12.3. The molecule has 0 aliphatic carbocycles. The zero-order chi connectivity index (χ0) is 31.8. The molecule has 2 N–H and O–H groups in total. The number of amides is 3. The number of aryl methyl sites for hydroxylation is 2. The quantitative estimate of drug-likeness (QED) is 0.253. The summed E-state index contributed by atoms with van der Waals surface area (Å²) in [5.41, 5.74) is 1.36. The highest BCUT2D eigenvalue weighted by Gasteiger charge is 2.37. The van der Waals surface area contributed by atoms with Gasteiger partial charge in [-0.3, -0.25) is 14.5 Å². The SMILES string of the molecule is C#CN(C(=O)C(C)NC(=O)OC(C)(C)C)C(C(=O)NC(Cc1ccccc1)C(=O)OC(C)(C)C)c1cc(C)cc(C)c1. The molecule has 9 nitrogen and oxygen atoms in total. The van der Waals surface area contributed by atoms with E-state index in [0.29, 0.717) is 5.56 Å². The number of ether oxygens (including phenoxy) is 2. The van der Waals surface area contributed by atoms with E-state index in [-0.39, 0.29) is 6.42 Å². The maximum atomic E-state index is 14.1. The molecule has 0 saturated heterocycles. The average Bonchev–Trinajstić information content (AvgIpc) is 2.84. The predicted octanol–water partition coefficient (Wildman–Crippen LogP) is 4.75. The number of carbonyl (C=O) groups excluding carboxylic acids is 4. The molecule has 0 aromatic heterocycles. The number of carbonyl (C=O) groups is 4. The van der Waals surface area contributed by atoms with Crippen LogP contribution in [0.25, 0.3) is 0 Å². The first kappa shape index (κ1) is 33.9. The molecule has 2 aromatic rings. The molecule has 0 radical (unpaired) electrons. The fraction of sp³-hybridized carbons (Fsp3) is 0.455. The lowest BCUT2D eigenvalue weighted by molar-refractivity contribution is -0.159. The van der Waals surface area contributed by atoms with Gasteiger partial charge in [0.2, 0.25) is 5.91 Å². The Bertz CT molecular complexity index is 1300. The van der Waals surface area contributed by atoms with Gasteiger partial charge < -0.3 is 20.1 Å². The maximum absolute atomic E-state index is 14.1. The van der Waals surface area contributed by atoms with Crippen LogP contribution in [0.4, 0.5) is 4.79 Å². The van der Waals surface area contributed by atoms with Crippen molar-refractivity contribution in [1.82, 2.24) is 15.5 Å². The van der Waals surface area contributed by atoms with E-state index in [4.69, 9.17) is 15.9 Å². The van der Waals surface area contributed by atoms with E-state index in [2.05, 4.69) is 16.7 Å². The monoisotopic (exact) mass is 577 g/mol. The molecule has 3 unspecified atom stereocenters. The molecule has 3 amide bonds. The molecule has 226 valence electrons. The van der Waals surface area contributed by atoms with Gasteiger partial charge in [-0.1, -0.05) is 66.1 Å². The molecule has 2 rings (SSSR count). The molecule has 0 aliphatic rings.